The number of halogens is 3. The van der Waals surface area contributed by atoms with Gasteiger partial charge in [-0.15, -0.1) is 11.8 Å². The summed E-state index contributed by atoms with van der Waals surface area (Å²) in [5.74, 6) is 0. The lowest BCUT2D eigenvalue weighted by Gasteiger charge is -2.11. The van der Waals surface area contributed by atoms with E-state index in [1.807, 2.05) is 0 Å². The number of hydrogen-bond donors (Lipinski definition) is 0. The van der Waals surface area contributed by atoms with E-state index >= 15 is 0 Å². The van der Waals surface area contributed by atoms with Gasteiger partial charge >= 0.3 is 11.8 Å². The minimum atomic E-state index is -4.31. The first kappa shape index (κ1) is 11.6. The van der Waals surface area contributed by atoms with Gasteiger partial charge in [0.15, 0.2) is 0 Å². The minimum absolute atomic E-state index is 0.0935. The molecule has 0 amide bonds. The van der Waals surface area contributed by atoms with Crippen LogP contribution >= 0.6 is 11.8 Å². The quantitative estimate of drug-likeness (QED) is 0.689. The van der Waals surface area contributed by atoms with Crippen molar-refractivity contribution >= 4 is 22.7 Å². The smallest absolute Gasteiger partial charge is 0.401 e. The maximum Gasteiger partial charge on any atom is 0.401 e. The maximum absolute atomic E-state index is 12.7. The molecular formula is C12H7F3O2S. The average molecular weight is 272 g/mol. The van der Waals surface area contributed by atoms with Crippen molar-refractivity contribution in [3.63, 3.8) is 0 Å². The Hall–Kier alpha value is -1.43. The highest BCUT2D eigenvalue weighted by atomic mass is 32.2. The summed E-state index contributed by atoms with van der Waals surface area (Å²) in [6.07, 6.45) is -4.48. The third-order valence-electron chi connectivity index (χ3n) is 2.89. The third-order valence-corrected chi connectivity index (χ3v) is 4.26. The van der Waals surface area contributed by atoms with Crippen molar-refractivity contribution in [3.05, 3.63) is 40.2 Å². The SMILES string of the molecule is O=c1oc2ccccc2c2c1S[C@H](C(F)(F)F)C2. The zero-order valence-electron chi connectivity index (χ0n) is 8.95. The van der Waals surface area contributed by atoms with Crippen LogP contribution < -0.4 is 5.63 Å². The minimum Gasteiger partial charge on any atom is -0.422 e. The van der Waals surface area contributed by atoms with Gasteiger partial charge in [0.2, 0.25) is 0 Å². The van der Waals surface area contributed by atoms with E-state index in [1.165, 1.54) is 0 Å². The Morgan fingerprint density at radius 2 is 2.00 bits per heavy atom. The average Bonchev–Trinajstić information content (AvgIpc) is 2.74. The molecule has 0 N–H and O–H groups in total. The molecule has 1 atom stereocenters. The number of para-hydroxylation sites is 1. The molecule has 2 aromatic rings. The highest BCUT2D eigenvalue weighted by Gasteiger charge is 2.45. The number of hydrogen-bond acceptors (Lipinski definition) is 3. The lowest BCUT2D eigenvalue weighted by atomic mass is 10.1. The van der Waals surface area contributed by atoms with Gasteiger partial charge in [0, 0.05) is 5.39 Å². The van der Waals surface area contributed by atoms with Crippen LogP contribution in [0.5, 0.6) is 0 Å². The van der Waals surface area contributed by atoms with Gasteiger partial charge in [-0.3, -0.25) is 0 Å². The predicted molar refractivity (Wildman–Crippen MR) is 61.9 cm³/mol. The standard InChI is InChI=1S/C12H7F3O2S/c13-12(14,15)9-5-7-6-3-1-2-4-8(6)17-11(16)10(7)18-9/h1-4,9H,5H2/t9-/m0/s1. The zero-order valence-corrected chi connectivity index (χ0v) is 9.77. The van der Waals surface area contributed by atoms with E-state index in [0.717, 1.165) is 0 Å². The number of benzene rings is 1. The van der Waals surface area contributed by atoms with Gasteiger partial charge in [0.05, 0.1) is 4.90 Å². The van der Waals surface area contributed by atoms with Gasteiger partial charge in [-0.1, -0.05) is 18.2 Å². The zero-order chi connectivity index (χ0) is 12.9. The fourth-order valence-corrected chi connectivity index (χ4v) is 3.21. The van der Waals surface area contributed by atoms with Crippen molar-refractivity contribution in [1.29, 1.82) is 0 Å². The summed E-state index contributed by atoms with van der Waals surface area (Å²) >= 11 is 0.553. The van der Waals surface area contributed by atoms with Crippen LogP contribution in [0.25, 0.3) is 11.0 Å². The normalized spacial score (nSPS) is 19.2. The van der Waals surface area contributed by atoms with Crippen LogP contribution in [0.15, 0.2) is 38.4 Å². The van der Waals surface area contributed by atoms with Crippen LogP contribution in [0, 0.1) is 0 Å². The van der Waals surface area contributed by atoms with Crippen molar-refractivity contribution < 1.29 is 17.6 Å². The van der Waals surface area contributed by atoms with Crippen LogP contribution in [0.1, 0.15) is 5.56 Å². The van der Waals surface area contributed by atoms with E-state index in [4.69, 9.17) is 4.42 Å². The van der Waals surface area contributed by atoms with Gasteiger partial charge in [-0.2, -0.15) is 13.2 Å². The summed E-state index contributed by atoms with van der Waals surface area (Å²) in [5, 5.41) is -0.965. The summed E-state index contributed by atoms with van der Waals surface area (Å²) in [5.41, 5.74) is 0.110. The first-order valence-electron chi connectivity index (χ1n) is 5.25. The Balaban J connectivity index is 2.21. The topological polar surface area (TPSA) is 30.2 Å². The second-order valence-electron chi connectivity index (χ2n) is 4.05. The molecule has 18 heavy (non-hydrogen) atoms. The highest BCUT2D eigenvalue weighted by molar-refractivity contribution is 8.00. The number of thioether (sulfide) groups is 1. The molecule has 0 fully saturated rings. The number of fused-ring (bicyclic) bond motifs is 3. The molecule has 0 unspecified atom stereocenters. The van der Waals surface area contributed by atoms with E-state index in [-0.39, 0.29) is 11.3 Å². The second-order valence-corrected chi connectivity index (χ2v) is 5.26. The Morgan fingerprint density at radius 1 is 1.28 bits per heavy atom. The van der Waals surface area contributed by atoms with Gasteiger partial charge in [0.25, 0.3) is 0 Å². The van der Waals surface area contributed by atoms with Gasteiger partial charge in [-0.05, 0) is 18.1 Å². The molecule has 0 saturated carbocycles. The molecule has 1 aliphatic heterocycles. The molecule has 1 aliphatic rings. The largest absolute Gasteiger partial charge is 0.422 e. The molecule has 0 aliphatic carbocycles. The summed E-state index contributed by atoms with van der Waals surface area (Å²) in [4.78, 5) is 11.7. The van der Waals surface area contributed by atoms with Crippen LogP contribution in [0.3, 0.4) is 0 Å². The molecule has 6 heteroatoms. The molecule has 0 bridgehead atoms. The molecule has 0 spiro atoms. The van der Waals surface area contributed by atoms with Crippen LogP contribution in [-0.4, -0.2) is 11.4 Å². The number of rotatable bonds is 0. The van der Waals surface area contributed by atoms with E-state index in [9.17, 15) is 18.0 Å². The van der Waals surface area contributed by atoms with Crippen molar-refractivity contribution in [3.8, 4) is 0 Å². The van der Waals surface area contributed by atoms with E-state index < -0.39 is 17.1 Å². The third kappa shape index (κ3) is 1.71. The molecule has 94 valence electrons. The Morgan fingerprint density at radius 3 is 2.72 bits per heavy atom. The molecule has 1 aromatic heterocycles. The highest BCUT2D eigenvalue weighted by Crippen LogP contribution is 2.45. The predicted octanol–water partition coefficient (Wildman–Crippen LogP) is 3.37. The molecule has 3 rings (SSSR count). The molecule has 0 saturated heterocycles. The summed E-state index contributed by atoms with van der Waals surface area (Å²) in [6.45, 7) is 0. The lowest BCUT2D eigenvalue weighted by molar-refractivity contribution is -0.127. The van der Waals surface area contributed by atoms with Crippen molar-refractivity contribution in [2.45, 2.75) is 22.7 Å². The molecule has 1 aromatic carbocycles. The van der Waals surface area contributed by atoms with Crippen LogP contribution in [0.4, 0.5) is 13.2 Å². The van der Waals surface area contributed by atoms with Gasteiger partial charge in [-0.25, -0.2) is 4.79 Å². The molecule has 2 nitrogen and oxygen atoms in total. The summed E-state index contributed by atoms with van der Waals surface area (Å²) in [7, 11) is 0. The Kier molecular flexibility index (Phi) is 2.45. The lowest BCUT2D eigenvalue weighted by Crippen LogP contribution is -2.24. The summed E-state index contributed by atoms with van der Waals surface area (Å²) in [6, 6.07) is 6.66. The fourth-order valence-electron chi connectivity index (χ4n) is 2.07. The van der Waals surface area contributed by atoms with Gasteiger partial charge < -0.3 is 4.42 Å². The fraction of sp³-hybridized carbons (Fsp3) is 0.250. The molecule has 2 heterocycles. The van der Waals surface area contributed by atoms with Crippen molar-refractivity contribution in [1.82, 2.24) is 0 Å². The number of alkyl halides is 3. The van der Waals surface area contributed by atoms with E-state index in [2.05, 4.69) is 0 Å². The Bertz CT molecular complexity index is 675. The maximum atomic E-state index is 12.7. The first-order chi connectivity index (χ1) is 8.47. The Labute approximate surface area is 104 Å². The molecule has 0 radical (unpaired) electrons. The monoisotopic (exact) mass is 272 g/mol. The first-order valence-corrected chi connectivity index (χ1v) is 6.13. The van der Waals surface area contributed by atoms with Crippen molar-refractivity contribution in [2.24, 2.45) is 0 Å². The van der Waals surface area contributed by atoms with E-state index in [0.29, 0.717) is 28.3 Å². The second kappa shape index (κ2) is 3.78. The van der Waals surface area contributed by atoms with E-state index in [1.54, 1.807) is 24.3 Å². The molecular weight excluding hydrogens is 265 g/mol. The summed E-state index contributed by atoms with van der Waals surface area (Å²) < 4.78 is 43.1. The van der Waals surface area contributed by atoms with Crippen molar-refractivity contribution in [2.75, 3.05) is 0 Å². The van der Waals surface area contributed by atoms with Crippen LogP contribution in [0.2, 0.25) is 0 Å². The van der Waals surface area contributed by atoms with Crippen LogP contribution in [-0.2, 0) is 6.42 Å². The van der Waals surface area contributed by atoms with Gasteiger partial charge in [0.1, 0.15) is 10.8 Å².